The molecule has 0 amide bonds. The van der Waals surface area contributed by atoms with E-state index in [0.717, 1.165) is 73.1 Å². The fraction of sp³-hybridized carbons (Fsp3) is 0.116. The first-order valence-electron chi connectivity index (χ1n) is 16.6. The summed E-state index contributed by atoms with van der Waals surface area (Å²) in [6.07, 6.45) is 1.86. The second-order valence-electron chi connectivity index (χ2n) is 12.5. The van der Waals surface area contributed by atoms with Gasteiger partial charge in [-0.3, -0.25) is 4.57 Å². The molecule has 0 aliphatic carbocycles. The molecule has 240 valence electrons. The van der Waals surface area contributed by atoms with Crippen LogP contribution in [0.15, 0.2) is 140 Å². The highest BCUT2D eigenvalue weighted by Gasteiger charge is 2.17. The van der Waals surface area contributed by atoms with Crippen LogP contribution in [-0.2, 0) is 0 Å². The van der Waals surface area contributed by atoms with Gasteiger partial charge in [-0.2, -0.15) is 5.10 Å². The molecular weight excluding hydrogens is 604 g/mol. The zero-order valence-electron chi connectivity index (χ0n) is 28.0. The molecule has 0 N–H and O–H groups in total. The summed E-state index contributed by atoms with van der Waals surface area (Å²) in [6, 6.07) is 45.8. The van der Waals surface area contributed by atoms with Gasteiger partial charge in [0, 0.05) is 46.4 Å². The summed E-state index contributed by atoms with van der Waals surface area (Å²) < 4.78 is 16.7. The number of benzene rings is 5. The molecule has 0 aliphatic heterocycles. The van der Waals surface area contributed by atoms with Crippen LogP contribution >= 0.6 is 0 Å². The number of hydrogen-bond acceptors (Lipinski definition) is 4. The summed E-state index contributed by atoms with van der Waals surface area (Å²) in [6.45, 7) is 8.24. The van der Waals surface area contributed by atoms with Crippen LogP contribution in [0.1, 0.15) is 25.2 Å². The minimum absolute atomic E-state index is 0.0664. The Morgan fingerprint density at radius 2 is 1.31 bits per heavy atom. The van der Waals surface area contributed by atoms with Gasteiger partial charge in [-0.1, -0.05) is 78.9 Å². The lowest BCUT2D eigenvalue weighted by molar-refractivity contribution is 0.242. The predicted molar refractivity (Wildman–Crippen MR) is 198 cm³/mol. The number of rotatable bonds is 8. The third-order valence-corrected chi connectivity index (χ3v) is 8.83. The van der Waals surface area contributed by atoms with Crippen molar-refractivity contribution in [2.45, 2.75) is 33.8 Å². The molecule has 0 fully saturated rings. The number of fused-ring (bicyclic) bond motifs is 3. The Morgan fingerprint density at radius 1 is 0.592 bits per heavy atom. The van der Waals surface area contributed by atoms with Crippen LogP contribution in [0.4, 0.5) is 0 Å². The Balaban J connectivity index is 1.12. The third-order valence-electron chi connectivity index (χ3n) is 8.83. The van der Waals surface area contributed by atoms with Crippen molar-refractivity contribution in [2.24, 2.45) is 0 Å². The van der Waals surface area contributed by atoms with Gasteiger partial charge in [0.1, 0.15) is 23.1 Å². The monoisotopic (exact) mass is 640 g/mol. The number of hydrogen-bond donors (Lipinski definition) is 0. The Hall–Kier alpha value is -6.14. The lowest BCUT2D eigenvalue weighted by atomic mass is 9.99. The highest BCUT2D eigenvalue weighted by atomic mass is 16.5. The SMILES string of the molecule is Cc1nn(-c2cccc(Oc3ccc4c5ccccc5n(-c5cc(OC(C)C)ccn5)c4c3)c2)c(C)c1-c1ccc(-c2ccccc2)cc1. The van der Waals surface area contributed by atoms with E-state index in [9.17, 15) is 0 Å². The fourth-order valence-corrected chi connectivity index (χ4v) is 6.71. The molecule has 0 saturated heterocycles. The summed E-state index contributed by atoms with van der Waals surface area (Å²) in [7, 11) is 0. The molecule has 0 aliphatic rings. The van der Waals surface area contributed by atoms with E-state index in [1.54, 1.807) is 6.20 Å². The van der Waals surface area contributed by atoms with Gasteiger partial charge in [0.2, 0.25) is 0 Å². The first-order valence-corrected chi connectivity index (χ1v) is 16.6. The molecule has 0 unspecified atom stereocenters. The van der Waals surface area contributed by atoms with E-state index in [1.165, 1.54) is 11.1 Å². The van der Waals surface area contributed by atoms with Gasteiger partial charge in [0.25, 0.3) is 0 Å². The van der Waals surface area contributed by atoms with Crippen LogP contribution in [0, 0.1) is 13.8 Å². The molecule has 8 rings (SSSR count). The van der Waals surface area contributed by atoms with Crippen molar-refractivity contribution in [2.75, 3.05) is 0 Å². The maximum atomic E-state index is 6.53. The van der Waals surface area contributed by atoms with Gasteiger partial charge in [-0.15, -0.1) is 0 Å². The summed E-state index contributed by atoms with van der Waals surface area (Å²) in [4.78, 5) is 4.74. The third kappa shape index (κ3) is 5.72. The van der Waals surface area contributed by atoms with Crippen molar-refractivity contribution >= 4 is 21.8 Å². The first-order chi connectivity index (χ1) is 23.9. The second-order valence-corrected chi connectivity index (χ2v) is 12.5. The normalized spacial score (nSPS) is 11.4. The largest absolute Gasteiger partial charge is 0.491 e. The molecular formula is C43H36N4O2. The van der Waals surface area contributed by atoms with Crippen LogP contribution < -0.4 is 9.47 Å². The summed E-state index contributed by atoms with van der Waals surface area (Å²) >= 11 is 0. The van der Waals surface area contributed by atoms with E-state index < -0.39 is 0 Å². The highest BCUT2D eigenvalue weighted by molar-refractivity contribution is 6.09. The standard InChI is InChI=1S/C43H36N4O2/c1-28(2)48-37-23-24-44-42(27-37)46-40-16-9-8-15-38(40)39-22-21-36(26-41(39)46)49-35-14-10-13-34(25-35)47-30(4)43(29(3)45-47)33-19-17-32(18-20-33)31-11-6-5-7-12-31/h5-28H,1-4H3. The Bertz CT molecular complexity index is 2440. The molecule has 0 spiro atoms. The highest BCUT2D eigenvalue weighted by Crippen LogP contribution is 2.36. The van der Waals surface area contributed by atoms with Crippen molar-refractivity contribution in [1.29, 1.82) is 0 Å². The van der Waals surface area contributed by atoms with Crippen molar-refractivity contribution in [3.63, 3.8) is 0 Å². The van der Waals surface area contributed by atoms with E-state index in [4.69, 9.17) is 19.6 Å². The minimum Gasteiger partial charge on any atom is -0.491 e. The summed E-state index contributed by atoms with van der Waals surface area (Å²) in [5, 5.41) is 7.24. The van der Waals surface area contributed by atoms with Gasteiger partial charge in [0.05, 0.1) is 28.5 Å². The van der Waals surface area contributed by atoms with Crippen molar-refractivity contribution in [1.82, 2.24) is 19.3 Å². The number of aryl methyl sites for hydroxylation is 1. The maximum Gasteiger partial charge on any atom is 0.141 e. The molecule has 49 heavy (non-hydrogen) atoms. The van der Waals surface area contributed by atoms with E-state index >= 15 is 0 Å². The minimum atomic E-state index is 0.0664. The molecule has 0 bridgehead atoms. The number of nitrogens with zero attached hydrogens (tertiary/aromatic N) is 4. The number of aromatic nitrogens is 4. The van der Waals surface area contributed by atoms with Gasteiger partial charge in [0.15, 0.2) is 0 Å². The first kappa shape index (κ1) is 30.2. The average molecular weight is 641 g/mol. The smallest absolute Gasteiger partial charge is 0.141 e. The number of pyridine rings is 1. The lowest BCUT2D eigenvalue weighted by Gasteiger charge is -2.13. The van der Waals surface area contributed by atoms with E-state index in [1.807, 2.05) is 61.0 Å². The molecule has 3 aromatic heterocycles. The quantitative estimate of drug-likeness (QED) is 0.166. The van der Waals surface area contributed by atoms with Crippen LogP contribution in [0.25, 0.3) is 55.6 Å². The van der Waals surface area contributed by atoms with Crippen LogP contribution in [0.2, 0.25) is 0 Å². The van der Waals surface area contributed by atoms with Crippen LogP contribution in [0.3, 0.4) is 0 Å². The molecule has 5 aromatic carbocycles. The lowest BCUT2D eigenvalue weighted by Crippen LogP contribution is -2.06. The van der Waals surface area contributed by atoms with E-state index in [2.05, 4.69) is 109 Å². The molecule has 0 radical (unpaired) electrons. The van der Waals surface area contributed by atoms with Gasteiger partial charge >= 0.3 is 0 Å². The van der Waals surface area contributed by atoms with Crippen LogP contribution in [-0.4, -0.2) is 25.4 Å². The van der Waals surface area contributed by atoms with E-state index in [0.29, 0.717) is 0 Å². The molecule has 6 nitrogen and oxygen atoms in total. The Kier molecular flexibility index (Phi) is 7.69. The zero-order chi connectivity index (χ0) is 33.5. The van der Waals surface area contributed by atoms with Crippen LogP contribution in [0.5, 0.6) is 17.2 Å². The number of ether oxygens (including phenoxy) is 2. The Morgan fingerprint density at radius 3 is 2.12 bits per heavy atom. The predicted octanol–water partition coefficient (Wildman–Crippen LogP) is 10.9. The number of para-hydroxylation sites is 1. The Labute approximate surface area is 285 Å². The molecule has 0 saturated carbocycles. The van der Waals surface area contributed by atoms with Crippen molar-refractivity contribution in [3.05, 3.63) is 151 Å². The van der Waals surface area contributed by atoms with Gasteiger partial charge < -0.3 is 9.47 Å². The maximum absolute atomic E-state index is 6.53. The summed E-state index contributed by atoms with van der Waals surface area (Å²) in [5.41, 5.74) is 9.75. The van der Waals surface area contributed by atoms with Gasteiger partial charge in [-0.25, -0.2) is 9.67 Å². The molecule has 3 heterocycles. The average Bonchev–Trinajstić information content (AvgIpc) is 3.61. The van der Waals surface area contributed by atoms with Gasteiger partial charge in [-0.05, 0) is 80.8 Å². The second kappa shape index (κ2) is 12.5. The topological polar surface area (TPSA) is 54.1 Å². The van der Waals surface area contributed by atoms with Crippen molar-refractivity contribution < 1.29 is 9.47 Å². The molecule has 0 atom stereocenters. The zero-order valence-corrected chi connectivity index (χ0v) is 28.0. The fourth-order valence-electron chi connectivity index (χ4n) is 6.71. The molecule has 6 heteroatoms. The van der Waals surface area contributed by atoms with E-state index in [-0.39, 0.29) is 6.10 Å². The van der Waals surface area contributed by atoms with Crippen molar-refractivity contribution in [3.8, 4) is 51.0 Å². The molecule has 8 aromatic rings. The summed E-state index contributed by atoms with van der Waals surface area (Å²) in [5.74, 6) is 3.03.